The third-order valence-corrected chi connectivity index (χ3v) is 7.17. The van der Waals surface area contributed by atoms with E-state index >= 15 is 0 Å². The Kier molecular flexibility index (Phi) is 9.68. The van der Waals surface area contributed by atoms with Gasteiger partial charge in [0.25, 0.3) is 10.1 Å². The van der Waals surface area contributed by atoms with Crippen molar-refractivity contribution >= 4 is 69.4 Å². The molecular formula is C26H25N7O7S2. The van der Waals surface area contributed by atoms with Crippen molar-refractivity contribution < 1.29 is 32.4 Å². The molecule has 0 bridgehead atoms. The van der Waals surface area contributed by atoms with Gasteiger partial charge in [0, 0.05) is 28.9 Å². The fraction of sp³-hybridized carbons (Fsp3) is 0.0769. The van der Waals surface area contributed by atoms with Gasteiger partial charge in [-0.1, -0.05) is 35.4 Å². The lowest BCUT2D eigenvalue weighted by atomic mass is 10.1. The third kappa shape index (κ3) is 8.00. The number of aryl methyl sites for hydroxylation is 1. The van der Waals surface area contributed by atoms with Gasteiger partial charge in [-0.3, -0.25) is 9.35 Å². The summed E-state index contributed by atoms with van der Waals surface area (Å²) in [6.45, 7) is 1.71. The monoisotopic (exact) mass is 611 g/mol. The summed E-state index contributed by atoms with van der Waals surface area (Å²) >= 11 is 0.693. The number of hydrogen-bond donors (Lipinski definition) is 6. The van der Waals surface area contributed by atoms with E-state index in [9.17, 15) is 17.8 Å². The topological polar surface area (TPSA) is 211 Å². The molecule has 0 fully saturated rings. The molecule has 4 rings (SSSR count). The molecule has 0 saturated carbocycles. The first-order valence-corrected chi connectivity index (χ1v) is 14.2. The van der Waals surface area contributed by atoms with Crippen LogP contribution in [-0.4, -0.2) is 46.1 Å². The number of nitrogens with two attached hydrogens (primary N) is 1. The number of rotatable bonds is 12. The van der Waals surface area contributed by atoms with Crippen molar-refractivity contribution in [2.75, 3.05) is 23.0 Å². The number of amides is 1. The highest BCUT2D eigenvalue weighted by Gasteiger charge is 2.15. The molecule has 16 heteroatoms. The van der Waals surface area contributed by atoms with Crippen LogP contribution in [0, 0.1) is 6.92 Å². The van der Waals surface area contributed by atoms with E-state index in [4.69, 9.17) is 11.0 Å². The van der Waals surface area contributed by atoms with Gasteiger partial charge in [0.2, 0.25) is 23.8 Å². The van der Waals surface area contributed by atoms with Crippen LogP contribution in [-0.2, 0) is 19.5 Å². The third-order valence-electron chi connectivity index (χ3n) is 5.60. The number of aromatic nitrogens is 3. The van der Waals surface area contributed by atoms with Crippen LogP contribution in [0.25, 0.3) is 12.2 Å². The van der Waals surface area contributed by atoms with Crippen LogP contribution in [0.2, 0.25) is 0 Å². The molecule has 218 valence electrons. The van der Waals surface area contributed by atoms with Crippen molar-refractivity contribution in [2.24, 2.45) is 5.73 Å². The predicted octanol–water partition coefficient (Wildman–Crippen LogP) is 4.65. The largest absolute Gasteiger partial charge is 0.366 e. The zero-order valence-electron chi connectivity index (χ0n) is 22.1. The molecule has 4 aromatic rings. The molecule has 0 spiro atoms. The average molecular weight is 612 g/mol. The highest BCUT2D eigenvalue weighted by Crippen LogP contribution is 2.31. The van der Waals surface area contributed by atoms with Crippen LogP contribution in [0.15, 0.2) is 70.5 Å². The minimum absolute atomic E-state index is 0.182. The standard InChI is InChI=1S/C26H25N7O7S2/c1-15-3-4-17(22(13-15)42(36,37)38)6-5-16-7-12-20(14-21(16)41-40-39-35)30-26-32-24(28-2)31-25(33-26)29-19-10-8-18(9-11-19)23(27)34/h3-14,35H,1-2H3,(H2,27,34)(H,36,37,38)(H3,28,29,30,31,32,33). The molecule has 3 aromatic carbocycles. The smallest absolute Gasteiger partial charge is 0.295 e. The molecule has 7 N–H and O–H groups in total. The van der Waals surface area contributed by atoms with Crippen LogP contribution in [0.5, 0.6) is 0 Å². The second kappa shape index (κ2) is 13.4. The Hall–Kier alpha value is -4.58. The van der Waals surface area contributed by atoms with Crippen molar-refractivity contribution in [2.45, 2.75) is 16.7 Å². The normalized spacial score (nSPS) is 11.4. The van der Waals surface area contributed by atoms with Crippen LogP contribution in [0.1, 0.15) is 27.0 Å². The molecular weight excluding hydrogens is 586 g/mol. The maximum atomic E-state index is 11.9. The molecule has 0 aliphatic heterocycles. The van der Waals surface area contributed by atoms with E-state index in [-0.39, 0.29) is 28.3 Å². The van der Waals surface area contributed by atoms with Crippen molar-refractivity contribution in [3.63, 3.8) is 0 Å². The first-order valence-electron chi connectivity index (χ1n) is 12.0. The fourth-order valence-corrected chi connectivity index (χ4v) is 4.91. The van der Waals surface area contributed by atoms with E-state index in [1.54, 1.807) is 74.6 Å². The van der Waals surface area contributed by atoms with Gasteiger partial charge in [0.15, 0.2) is 0 Å². The van der Waals surface area contributed by atoms with Crippen LogP contribution in [0.4, 0.5) is 29.2 Å². The SMILES string of the molecule is CNc1nc(Nc2ccc(C(N)=O)cc2)nc(Nc2ccc(C=Cc3ccc(C)cc3S(=O)(=O)O)c(SOOO)c2)n1. The first kappa shape index (κ1) is 30.4. The van der Waals surface area contributed by atoms with Gasteiger partial charge in [-0.15, -0.1) is 4.33 Å². The fourth-order valence-electron chi connectivity index (χ4n) is 3.63. The maximum Gasteiger partial charge on any atom is 0.295 e. The Morgan fingerprint density at radius 2 is 1.50 bits per heavy atom. The Morgan fingerprint density at radius 3 is 2.12 bits per heavy atom. The first-order chi connectivity index (χ1) is 20.0. The van der Waals surface area contributed by atoms with E-state index in [0.29, 0.717) is 45.0 Å². The second-order valence-electron chi connectivity index (χ2n) is 8.58. The van der Waals surface area contributed by atoms with Crippen LogP contribution >= 0.6 is 12.0 Å². The zero-order valence-corrected chi connectivity index (χ0v) is 23.7. The Morgan fingerprint density at radius 1 is 0.905 bits per heavy atom. The van der Waals surface area contributed by atoms with Crippen LogP contribution < -0.4 is 21.7 Å². The molecule has 0 radical (unpaired) electrons. The molecule has 1 heterocycles. The molecule has 1 amide bonds. The number of nitrogens with one attached hydrogen (secondary N) is 3. The van der Waals surface area contributed by atoms with Crippen LogP contribution in [0.3, 0.4) is 0 Å². The minimum Gasteiger partial charge on any atom is -0.366 e. The number of hydrogen-bond acceptors (Lipinski definition) is 13. The van der Waals surface area contributed by atoms with Crippen molar-refractivity contribution in [3.8, 4) is 0 Å². The summed E-state index contributed by atoms with van der Waals surface area (Å²) in [5.74, 6) is 0.116. The molecule has 14 nitrogen and oxygen atoms in total. The quantitative estimate of drug-likeness (QED) is 0.0423. The number of carbonyl (C=O) groups is 1. The summed E-state index contributed by atoms with van der Waals surface area (Å²) in [5, 5.41) is 21.4. The molecule has 0 unspecified atom stereocenters. The summed E-state index contributed by atoms with van der Waals surface area (Å²) < 4.78 is 38.0. The maximum absolute atomic E-state index is 11.9. The van der Waals surface area contributed by atoms with Crippen molar-refractivity contribution in [1.82, 2.24) is 15.0 Å². The average Bonchev–Trinajstić information content (AvgIpc) is 2.95. The van der Waals surface area contributed by atoms with Crippen molar-refractivity contribution in [1.29, 1.82) is 0 Å². The van der Waals surface area contributed by atoms with Gasteiger partial charge in [0.1, 0.15) is 4.90 Å². The summed E-state index contributed by atoms with van der Waals surface area (Å²) in [4.78, 5) is 24.5. The number of benzene rings is 3. The minimum atomic E-state index is -4.45. The molecule has 0 aliphatic rings. The Balaban J connectivity index is 1.61. The summed E-state index contributed by atoms with van der Waals surface area (Å²) in [6.07, 6.45) is 3.13. The van der Waals surface area contributed by atoms with E-state index in [1.165, 1.54) is 12.1 Å². The molecule has 42 heavy (non-hydrogen) atoms. The molecule has 1 aromatic heterocycles. The number of anilines is 5. The Bertz CT molecular complexity index is 1730. The van der Waals surface area contributed by atoms with E-state index in [1.807, 2.05) is 0 Å². The number of nitrogens with zero attached hydrogens (tertiary/aromatic N) is 3. The van der Waals surface area contributed by atoms with Gasteiger partial charge in [-0.25, -0.2) is 5.26 Å². The lowest BCUT2D eigenvalue weighted by Crippen LogP contribution is -2.10. The van der Waals surface area contributed by atoms with Gasteiger partial charge < -0.3 is 21.7 Å². The lowest BCUT2D eigenvalue weighted by molar-refractivity contribution is -0.432. The van der Waals surface area contributed by atoms with Gasteiger partial charge >= 0.3 is 0 Å². The van der Waals surface area contributed by atoms with E-state index in [2.05, 4.69) is 40.3 Å². The summed E-state index contributed by atoms with van der Waals surface area (Å²) in [5.41, 5.74) is 8.29. The molecule has 0 atom stereocenters. The number of carbonyl (C=O) groups excluding carboxylic acids is 1. The van der Waals surface area contributed by atoms with E-state index < -0.39 is 16.0 Å². The highest BCUT2D eigenvalue weighted by molar-refractivity contribution is 7.94. The zero-order chi connectivity index (χ0) is 30.3. The Labute approximate surface area is 244 Å². The summed E-state index contributed by atoms with van der Waals surface area (Å²) in [7, 11) is -2.81. The second-order valence-corrected chi connectivity index (χ2v) is 10.7. The van der Waals surface area contributed by atoms with Gasteiger partial charge in [-0.05, 0) is 66.1 Å². The highest BCUT2D eigenvalue weighted by atomic mass is 32.2. The van der Waals surface area contributed by atoms with Crippen molar-refractivity contribution in [3.05, 3.63) is 82.9 Å². The van der Waals surface area contributed by atoms with Gasteiger partial charge in [-0.2, -0.15) is 23.4 Å². The van der Waals surface area contributed by atoms with E-state index in [0.717, 1.165) is 0 Å². The molecule has 0 saturated heterocycles. The predicted molar refractivity (Wildman–Crippen MR) is 158 cm³/mol. The van der Waals surface area contributed by atoms with Gasteiger partial charge in [0.05, 0.1) is 12.0 Å². The number of primary amides is 1. The lowest BCUT2D eigenvalue weighted by Gasteiger charge is -2.12. The summed E-state index contributed by atoms with van der Waals surface area (Å²) in [6, 6.07) is 16.2. The molecule has 0 aliphatic carbocycles.